The quantitative estimate of drug-likeness (QED) is 0.760. The maximum atomic E-state index is 12.4. The lowest BCUT2D eigenvalue weighted by Crippen LogP contribution is -2.32. The highest BCUT2D eigenvalue weighted by Gasteiger charge is 2.26. The summed E-state index contributed by atoms with van der Waals surface area (Å²) in [6, 6.07) is 1.96. The number of aromatic nitrogens is 2. The Morgan fingerprint density at radius 2 is 2.16 bits per heavy atom. The van der Waals surface area contributed by atoms with E-state index in [1.807, 2.05) is 17.6 Å². The number of sulfonamides is 1. The summed E-state index contributed by atoms with van der Waals surface area (Å²) in [4.78, 5) is 4.13. The Morgan fingerprint density at radius 3 is 2.68 bits per heavy atom. The van der Waals surface area contributed by atoms with E-state index >= 15 is 0 Å². The summed E-state index contributed by atoms with van der Waals surface area (Å²) in [6.45, 7) is 6.86. The van der Waals surface area contributed by atoms with Gasteiger partial charge in [-0.2, -0.15) is 9.57 Å². The Kier molecular flexibility index (Phi) is 5.51. The third kappa shape index (κ3) is 3.55. The summed E-state index contributed by atoms with van der Waals surface area (Å²) in [5.74, 6) is 0.691. The van der Waals surface area contributed by atoms with Gasteiger partial charge in [-0.05, 0) is 13.3 Å². The Labute approximate surface area is 114 Å². The fourth-order valence-electron chi connectivity index (χ4n) is 1.83. The zero-order valence-corrected chi connectivity index (χ0v) is 12.4. The molecule has 0 radical (unpaired) electrons. The molecule has 0 aliphatic carbocycles. The van der Waals surface area contributed by atoms with Gasteiger partial charge in [0.2, 0.25) is 0 Å². The molecule has 0 unspecified atom stereocenters. The molecular weight excluding hydrogens is 264 g/mol. The van der Waals surface area contributed by atoms with E-state index in [4.69, 9.17) is 5.26 Å². The van der Waals surface area contributed by atoms with Crippen LogP contribution in [-0.4, -0.2) is 35.4 Å². The van der Waals surface area contributed by atoms with Crippen molar-refractivity contribution < 1.29 is 8.42 Å². The number of hydrogen-bond acceptors (Lipinski definition) is 4. The van der Waals surface area contributed by atoms with E-state index in [0.717, 1.165) is 13.0 Å². The van der Waals surface area contributed by atoms with Crippen molar-refractivity contribution in [2.24, 2.45) is 0 Å². The maximum absolute atomic E-state index is 12.4. The standard InChI is InChI=1S/C12H20N4O2S/c1-4-8-15-10-12(14-11(15)3)19(17,18)16(5-2)9-6-7-13/h10H,4-6,8-9H2,1-3H3. The highest BCUT2D eigenvalue weighted by Crippen LogP contribution is 2.15. The molecule has 19 heavy (non-hydrogen) atoms. The molecule has 0 spiro atoms. The second-order valence-corrected chi connectivity index (χ2v) is 6.11. The monoisotopic (exact) mass is 284 g/mol. The van der Waals surface area contributed by atoms with Crippen molar-refractivity contribution in [3.8, 4) is 6.07 Å². The molecule has 1 aromatic rings. The molecule has 7 heteroatoms. The Hall–Kier alpha value is -1.39. The van der Waals surface area contributed by atoms with E-state index in [9.17, 15) is 8.42 Å². The lowest BCUT2D eigenvalue weighted by molar-refractivity contribution is 0.433. The first-order chi connectivity index (χ1) is 8.97. The van der Waals surface area contributed by atoms with Crippen LogP contribution in [0.4, 0.5) is 0 Å². The van der Waals surface area contributed by atoms with E-state index < -0.39 is 10.0 Å². The predicted octanol–water partition coefficient (Wildman–Crippen LogP) is 1.53. The molecule has 0 bridgehead atoms. The van der Waals surface area contributed by atoms with Gasteiger partial charge in [-0.25, -0.2) is 13.4 Å². The molecule has 106 valence electrons. The minimum Gasteiger partial charge on any atom is -0.334 e. The molecule has 0 saturated heterocycles. The summed E-state index contributed by atoms with van der Waals surface area (Å²) in [6.07, 6.45) is 2.67. The van der Waals surface area contributed by atoms with Crippen molar-refractivity contribution in [2.45, 2.75) is 45.2 Å². The van der Waals surface area contributed by atoms with Gasteiger partial charge in [0, 0.05) is 32.3 Å². The molecule has 1 rings (SSSR count). The van der Waals surface area contributed by atoms with Crippen molar-refractivity contribution in [2.75, 3.05) is 13.1 Å². The SMILES string of the molecule is CCCn1cc(S(=O)(=O)N(CC)CCC#N)nc1C. The predicted molar refractivity (Wildman–Crippen MR) is 71.9 cm³/mol. The zero-order chi connectivity index (χ0) is 14.5. The first-order valence-electron chi connectivity index (χ1n) is 6.38. The van der Waals surface area contributed by atoms with Gasteiger partial charge < -0.3 is 4.57 Å². The molecule has 6 nitrogen and oxygen atoms in total. The number of aryl methyl sites for hydroxylation is 2. The Balaban J connectivity index is 3.05. The van der Waals surface area contributed by atoms with Crippen LogP contribution in [0, 0.1) is 18.3 Å². The van der Waals surface area contributed by atoms with Gasteiger partial charge in [-0.3, -0.25) is 0 Å². The van der Waals surface area contributed by atoms with Crippen LogP contribution in [0.1, 0.15) is 32.5 Å². The van der Waals surface area contributed by atoms with Crippen molar-refractivity contribution in [1.82, 2.24) is 13.9 Å². The van der Waals surface area contributed by atoms with E-state index in [0.29, 0.717) is 12.4 Å². The highest BCUT2D eigenvalue weighted by atomic mass is 32.2. The lowest BCUT2D eigenvalue weighted by atomic mass is 10.5. The van der Waals surface area contributed by atoms with E-state index in [2.05, 4.69) is 4.98 Å². The minimum absolute atomic E-state index is 0.0678. The summed E-state index contributed by atoms with van der Waals surface area (Å²) < 4.78 is 27.9. The van der Waals surface area contributed by atoms with Gasteiger partial charge in [-0.15, -0.1) is 0 Å². The third-order valence-electron chi connectivity index (χ3n) is 2.85. The first-order valence-corrected chi connectivity index (χ1v) is 7.82. The van der Waals surface area contributed by atoms with Crippen molar-refractivity contribution in [3.05, 3.63) is 12.0 Å². The average molecular weight is 284 g/mol. The third-order valence-corrected chi connectivity index (χ3v) is 4.69. The van der Waals surface area contributed by atoms with Gasteiger partial charge in [0.25, 0.3) is 10.0 Å². The van der Waals surface area contributed by atoms with Crippen LogP contribution in [-0.2, 0) is 16.6 Å². The van der Waals surface area contributed by atoms with Gasteiger partial charge in [0.05, 0.1) is 6.07 Å². The van der Waals surface area contributed by atoms with E-state index in [1.54, 1.807) is 20.0 Å². The molecular formula is C12H20N4O2S. The van der Waals surface area contributed by atoms with Crippen LogP contribution in [0.15, 0.2) is 11.2 Å². The summed E-state index contributed by atoms with van der Waals surface area (Å²) in [7, 11) is -3.59. The van der Waals surface area contributed by atoms with Crippen molar-refractivity contribution >= 4 is 10.0 Å². The van der Waals surface area contributed by atoms with Crippen LogP contribution in [0.2, 0.25) is 0 Å². The van der Waals surface area contributed by atoms with Gasteiger partial charge >= 0.3 is 0 Å². The average Bonchev–Trinajstić information content (AvgIpc) is 2.73. The second-order valence-electron chi connectivity index (χ2n) is 4.22. The van der Waals surface area contributed by atoms with Crippen LogP contribution in [0.5, 0.6) is 0 Å². The van der Waals surface area contributed by atoms with Gasteiger partial charge in [0.1, 0.15) is 5.82 Å². The minimum atomic E-state index is -3.59. The smallest absolute Gasteiger partial charge is 0.262 e. The molecule has 0 atom stereocenters. The van der Waals surface area contributed by atoms with Crippen LogP contribution >= 0.6 is 0 Å². The van der Waals surface area contributed by atoms with E-state index in [-0.39, 0.29) is 18.0 Å². The fraction of sp³-hybridized carbons (Fsp3) is 0.667. The number of hydrogen-bond donors (Lipinski definition) is 0. The summed E-state index contributed by atoms with van der Waals surface area (Å²) in [5, 5.41) is 8.64. The zero-order valence-electron chi connectivity index (χ0n) is 11.6. The summed E-state index contributed by atoms with van der Waals surface area (Å²) in [5.41, 5.74) is 0. The molecule has 1 heterocycles. The molecule has 0 aliphatic heterocycles. The fourth-order valence-corrected chi connectivity index (χ4v) is 3.27. The van der Waals surface area contributed by atoms with Crippen molar-refractivity contribution in [1.29, 1.82) is 5.26 Å². The highest BCUT2D eigenvalue weighted by molar-refractivity contribution is 7.89. The number of imidazole rings is 1. The van der Waals surface area contributed by atoms with Gasteiger partial charge in [-0.1, -0.05) is 13.8 Å². The summed E-state index contributed by atoms with van der Waals surface area (Å²) >= 11 is 0. The molecule has 0 aliphatic rings. The van der Waals surface area contributed by atoms with Crippen LogP contribution in [0.25, 0.3) is 0 Å². The molecule has 0 fully saturated rings. The largest absolute Gasteiger partial charge is 0.334 e. The van der Waals surface area contributed by atoms with Crippen molar-refractivity contribution in [3.63, 3.8) is 0 Å². The number of nitrogens with zero attached hydrogens (tertiary/aromatic N) is 4. The van der Waals surface area contributed by atoms with E-state index in [1.165, 1.54) is 4.31 Å². The lowest BCUT2D eigenvalue weighted by Gasteiger charge is -2.17. The molecule has 0 amide bonds. The number of rotatable bonds is 7. The van der Waals surface area contributed by atoms with Crippen LogP contribution < -0.4 is 0 Å². The second kappa shape index (κ2) is 6.68. The Morgan fingerprint density at radius 1 is 1.47 bits per heavy atom. The topological polar surface area (TPSA) is 79.0 Å². The molecule has 0 saturated carbocycles. The molecule has 1 aromatic heterocycles. The first kappa shape index (κ1) is 15.7. The number of nitriles is 1. The van der Waals surface area contributed by atoms with Crippen LogP contribution in [0.3, 0.4) is 0 Å². The Bertz CT molecular complexity index is 557. The maximum Gasteiger partial charge on any atom is 0.262 e. The molecule has 0 aromatic carbocycles. The normalized spacial score (nSPS) is 11.7. The van der Waals surface area contributed by atoms with Gasteiger partial charge in [0.15, 0.2) is 5.03 Å². The molecule has 0 N–H and O–H groups in total.